The quantitative estimate of drug-likeness (QED) is 0.515. The van der Waals surface area contributed by atoms with Crippen LogP contribution in [-0.4, -0.2) is 13.1 Å². The lowest BCUT2D eigenvalue weighted by Crippen LogP contribution is -2.23. The van der Waals surface area contributed by atoms with Crippen LogP contribution in [0.4, 0.5) is 0 Å². The van der Waals surface area contributed by atoms with Crippen LogP contribution in [0.2, 0.25) is 0 Å². The van der Waals surface area contributed by atoms with Crippen molar-refractivity contribution in [3.8, 4) is 0 Å². The number of hydrogen-bond donors (Lipinski definition) is 1. The maximum atomic E-state index is 3.32. The number of allylic oxidation sites excluding steroid dienone is 1. The maximum Gasteiger partial charge on any atom is 0.0164 e. The first kappa shape index (κ1) is 8.99. The molecule has 54 valence electrons. The smallest absolute Gasteiger partial charge is 0.0164 e. The molecule has 2 heteroatoms. The molecule has 0 spiro atoms. The molecule has 1 heterocycles. The zero-order chi connectivity index (χ0) is 5.82. The van der Waals surface area contributed by atoms with Gasteiger partial charge in [-0.2, -0.15) is 0 Å². The van der Waals surface area contributed by atoms with E-state index < -0.39 is 0 Å². The molecule has 0 aromatic rings. The van der Waals surface area contributed by atoms with Crippen molar-refractivity contribution in [3.63, 3.8) is 0 Å². The molecule has 1 nitrogen and oxygen atoms in total. The molecule has 1 N–H and O–H groups in total. The van der Waals surface area contributed by atoms with Crippen molar-refractivity contribution in [3.05, 3.63) is 11.6 Å². The second kappa shape index (κ2) is 4.83. The molecule has 0 atom stereocenters. The fourth-order valence-corrected chi connectivity index (χ4v) is 1.02. The summed E-state index contributed by atoms with van der Waals surface area (Å²) in [6, 6.07) is 0. The minimum Gasteiger partial charge on any atom is -0.313 e. The molecule has 0 bridgehead atoms. The fraction of sp³-hybridized carbons (Fsp3) is 0.714. The Hall–Kier alpha value is -0.0100. The van der Waals surface area contributed by atoms with E-state index in [1.54, 1.807) is 5.57 Å². The van der Waals surface area contributed by atoms with E-state index in [2.05, 4.69) is 18.3 Å². The number of piperidine rings is 1. The summed E-state index contributed by atoms with van der Waals surface area (Å²) in [5.74, 6) is 0. The molecule has 0 aromatic heterocycles. The Kier molecular flexibility index (Phi) is 4.83. The van der Waals surface area contributed by atoms with Crippen LogP contribution >= 0.6 is 12.4 Å². The fourth-order valence-electron chi connectivity index (χ4n) is 1.02. The highest BCUT2D eigenvalue weighted by atomic mass is 35.5. The summed E-state index contributed by atoms with van der Waals surface area (Å²) in [5.41, 5.74) is 1.57. The summed E-state index contributed by atoms with van der Waals surface area (Å²) < 4.78 is 0. The highest BCUT2D eigenvalue weighted by Crippen LogP contribution is 2.06. The van der Waals surface area contributed by atoms with Gasteiger partial charge in [0.2, 0.25) is 0 Å². The Labute approximate surface area is 62.9 Å². The summed E-state index contributed by atoms with van der Waals surface area (Å²) in [6.45, 7) is 4.44. The van der Waals surface area contributed by atoms with Crippen LogP contribution in [0.3, 0.4) is 0 Å². The molecular weight excluding hydrogens is 134 g/mol. The van der Waals surface area contributed by atoms with Crippen LogP contribution in [0, 0.1) is 0 Å². The predicted octanol–water partition coefficient (Wildman–Crippen LogP) is 1.74. The molecule has 1 saturated heterocycles. The van der Waals surface area contributed by atoms with Crippen LogP contribution in [0.25, 0.3) is 0 Å². The first-order valence-corrected chi connectivity index (χ1v) is 3.28. The largest absolute Gasteiger partial charge is 0.313 e. The van der Waals surface area contributed by atoms with E-state index in [4.69, 9.17) is 0 Å². The van der Waals surface area contributed by atoms with E-state index in [0.717, 1.165) is 6.54 Å². The summed E-state index contributed by atoms with van der Waals surface area (Å²) in [4.78, 5) is 0. The van der Waals surface area contributed by atoms with Crippen LogP contribution in [0.1, 0.15) is 19.8 Å². The molecule has 0 amide bonds. The summed E-state index contributed by atoms with van der Waals surface area (Å²) >= 11 is 0. The molecule has 1 aliphatic rings. The third-order valence-electron chi connectivity index (χ3n) is 1.61. The topological polar surface area (TPSA) is 12.0 Å². The van der Waals surface area contributed by atoms with Gasteiger partial charge in [0, 0.05) is 6.54 Å². The second-order valence-corrected chi connectivity index (χ2v) is 2.23. The molecule has 1 rings (SSSR count). The molecule has 0 aliphatic carbocycles. The van der Waals surface area contributed by atoms with Crippen LogP contribution in [0.15, 0.2) is 11.6 Å². The van der Waals surface area contributed by atoms with Crippen LogP contribution in [-0.2, 0) is 0 Å². The Balaban J connectivity index is 0.000000640. The van der Waals surface area contributed by atoms with Gasteiger partial charge in [-0.3, -0.25) is 0 Å². The van der Waals surface area contributed by atoms with Gasteiger partial charge in [-0.05, 0) is 26.3 Å². The Morgan fingerprint density at radius 1 is 1.56 bits per heavy atom. The van der Waals surface area contributed by atoms with E-state index in [9.17, 15) is 0 Å². The van der Waals surface area contributed by atoms with Gasteiger partial charge in [0.05, 0.1) is 0 Å². The minimum atomic E-state index is 0. The summed E-state index contributed by atoms with van der Waals surface area (Å²) in [5, 5.41) is 3.32. The highest BCUT2D eigenvalue weighted by molar-refractivity contribution is 5.85. The molecule has 0 radical (unpaired) electrons. The summed E-state index contributed by atoms with van der Waals surface area (Å²) in [7, 11) is 0. The molecule has 1 fully saturated rings. The third kappa shape index (κ3) is 2.87. The van der Waals surface area contributed by atoms with Gasteiger partial charge in [-0.25, -0.2) is 0 Å². The van der Waals surface area contributed by atoms with Gasteiger partial charge in [0.1, 0.15) is 0 Å². The lowest BCUT2D eigenvalue weighted by molar-refractivity contribution is 0.609. The number of hydrogen-bond acceptors (Lipinski definition) is 1. The van der Waals surface area contributed by atoms with Gasteiger partial charge in [-0.15, -0.1) is 12.4 Å². The van der Waals surface area contributed by atoms with Crippen LogP contribution < -0.4 is 5.32 Å². The van der Waals surface area contributed by atoms with Gasteiger partial charge in [-0.1, -0.05) is 11.6 Å². The maximum absolute atomic E-state index is 3.32. The monoisotopic (exact) mass is 147 g/mol. The van der Waals surface area contributed by atoms with E-state index in [1.165, 1.54) is 19.4 Å². The number of rotatable bonds is 0. The molecule has 0 aromatic carbocycles. The SMILES string of the molecule is C/C=C1\CCCNC1.Cl. The lowest BCUT2D eigenvalue weighted by Gasteiger charge is -2.13. The van der Waals surface area contributed by atoms with Crippen molar-refractivity contribution in [1.29, 1.82) is 0 Å². The van der Waals surface area contributed by atoms with E-state index in [0.29, 0.717) is 0 Å². The third-order valence-corrected chi connectivity index (χ3v) is 1.61. The van der Waals surface area contributed by atoms with Gasteiger partial charge < -0.3 is 5.32 Å². The van der Waals surface area contributed by atoms with Crippen molar-refractivity contribution < 1.29 is 0 Å². The Morgan fingerprint density at radius 2 is 2.33 bits per heavy atom. The average molecular weight is 148 g/mol. The first-order chi connectivity index (χ1) is 3.93. The standard InChI is InChI=1S/C7H13N.ClH/c1-2-7-4-3-5-8-6-7;/h2,8H,3-6H2,1H3;1H/b7-2+;. The van der Waals surface area contributed by atoms with Gasteiger partial charge >= 0.3 is 0 Å². The minimum absolute atomic E-state index is 0. The number of nitrogens with one attached hydrogen (secondary N) is 1. The first-order valence-electron chi connectivity index (χ1n) is 3.28. The second-order valence-electron chi connectivity index (χ2n) is 2.23. The number of halogens is 1. The van der Waals surface area contributed by atoms with E-state index in [-0.39, 0.29) is 12.4 Å². The van der Waals surface area contributed by atoms with Gasteiger partial charge in [0.25, 0.3) is 0 Å². The Morgan fingerprint density at radius 3 is 2.67 bits per heavy atom. The lowest BCUT2D eigenvalue weighted by atomic mass is 10.1. The van der Waals surface area contributed by atoms with Crippen molar-refractivity contribution in [2.24, 2.45) is 0 Å². The highest BCUT2D eigenvalue weighted by Gasteiger charge is 2.00. The van der Waals surface area contributed by atoms with Crippen molar-refractivity contribution in [2.75, 3.05) is 13.1 Å². The molecule has 0 unspecified atom stereocenters. The molecule has 0 saturated carbocycles. The zero-order valence-corrected chi connectivity index (χ0v) is 6.63. The summed E-state index contributed by atoms with van der Waals surface area (Å²) in [6.07, 6.45) is 4.84. The van der Waals surface area contributed by atoms with Crippen molar-refractivity contribution >= 4 is 12.4 Å². The average Bonchev–Trinajstić information content (AvgIpc) is 1.90. The molecule has 1 aliphatic heterocycles. The van der Waals surface area contributed by atoms with E-state index in [1.807, 2.05) is 0 Å². The van der Waals surface area contributed by atoms with Crippen molar-refractivity contribution in [1.82, 2.24) is 5.32 Å². The van der Waals surface area contributed by atoms with E-state index >= 15 is 0 Å². The van der Waals surface area contributed by atoms with Crippen molar-refractivity contribution in [2.45, 2.75) is 19.8 Å². The molecule has 9 heavy (non-hydrogen) atoms. The normalized spacial score (nSPS) is 23.4. The zero-order valence-electron chi connectivity index (χ0n) is 5.81. The van der Waals surface area contributed by atoms with Gasteiger partial charge in [0.15, 0.2) is 0 Å². The van der Waals surface area contributed by atoms with Crippen LogP contribution in [0.5, 0.6) is 0 Å². The Bertz CT molecular complexity index is 91.1. The predicted molar refractivity (Wildman–Crippen MR) is 43.1 cm³/mol. The molecular formula is C7H14ClN.